The van der Waals surface area contributed by atoms with E-state index < -0.39 is 4.92 Å². The van der Waals surface area contributed by atoms with E-state index >= 15 is 0 Å². The predicted molar refractivity (Wildman–Crippen MR) is 127 cm³/mol. The molecule has 0 saturated carbocycles. The van der Waals surface area contributed by atoms with Crippen LogP contribution in [0, 0.1) is 37.8 Å². The second kappa shape index (κ2) is 9.96. The number of nitro benzene ring substituents is 1. The molecular formula is C25H27N3O4. The van der Waals surface area contributed by atoms with E-state index in [0.717, 1.165) is 27.9 Å². The maximum absolute atomic E-state index is 11.7. The first kappa shape index (κ1) is 22.8. The van der Waals surface area contributed by atoms with Crippen molar-refractivity contribution in [2.45, 2.75) is 34.3 Å². The van der Waals surface area contributed by atoms with Crippen LogP contribution in [0.3, 0.4) is 0 Å². The Bertz CT molecular complexity index is 1170. The zero-order chi connectivity index (χ0) is 23.3. The summed E-state index contributed by atoms with van der Waals surface area (Å²) in [5, 5.41) is 16.0. The van der Waals surface area contributed by atoms with Crippen LogP contribution in [0.5, 0.6) is 11.5 Å². The topological polar surface area (TPSA) is 86.0 Å². The Morgan fingerprint density at radius 3 is 2.44 bits per heavy atom. The van der Waals surface area contributed by atoms with Gasteiger partial charge < -0.3 is 9.47 Å². The Morgan fingerprint density at radius 2 is 1.75 bits per heavy atom. The van der Waals surface area contributed by atoms with Crippen LogP contribution in [-0.2, 0) is 6.61 Å². The van der Waals surface area contributed by atoms with Crippen LogP contribution < -0.4 is 14.9 Å². The van der Waals surface area contributed by atoms with Crippen molar-refractivity contribution < 1.29 is 14.4 Å². The minimum Gasteiger partial charge on any atom is -0.493 e. The summed E-state index contributed by atoms with van der Waals surface area (Å²) in [5.41, 5.74) is 9.57. The van der Waals surface area contributed by atoms with Gasteiger partial charge in [0, 0.05) is 11.6 Å². The molecule has 166 valence electrons. The summed E-state index contributed by atoms with van der Waals surface area (Å²) >= 11 is 0. The summed E-state index contributed by atoms with van der Waals surface area (Å²) in [4.78, 5) is 11.3. The molecule has 0 amide bonds. The lowest BCUT2D eigenvalue weighted by Gasteiger charge is -2.13. The summed E-state index contributed by atoms with van der Waals surface area (Å²) < 4.78 is 11.3. The monoisotopic (exact) mass is 433 g/mol. The zero-order valence-corrected chi connectivity index (χ0v) is 18.9. The third-order valence-electron chi connectivity index (χ3n) is 5.27. The number of ether oxygens (including phenoxy) is 2. The molecule has 1 N–H and O–H groups in total. The molecule has 0 saturated heterocycles. The molecule has 0 aliphatic rings. The number of methoxy groups -OCH3 is 1. The fourth-order valence-corrected chi connectivity index (χ4v) is 3.21. The normalized spacial score (nSPS) is 10.9. The number of anilines is 1. The zero-order valence-electron chi connectivity index (χ0n) is 18.9. The molecule has 0 atom stereocenters. The molecule has 3 aromatic rings. The molecular weight excluding hydrogens is 406 g/mol. The molecule has 0 fully saturated rings. The number of rotatable bonds is 8. The van der Waals surface area contributed by atoms with Gasteiger partial charge in [0.15, 0.2) is 5.75 Å². The Morgan fingerprint density at radius 1 is 1.00 bits per heavy atom. The number of nitro groups is 1. The molecule has 0 aliphatic heterocycles. The number of nitrogens with zero attached hydrogens (tertiary/aromatic N) is 2. The molecule has 0 unspecified atom stereocenters. The van der Waals surface area contributed by atoms with Gasteiger partial charge in [0.2, 0.25) is 5.75 Å². The Kier molecular flexibility index (Phi) is 7.10. The van der Waals surface area contributed by atoms with Crippen LogP contribution in [-0.4, -0.2) is 18.2 Å². The van der Waals surface area contributed by atoms with Crippen molar-refractivity contribution in [1.82, 2.24) is 0 Å². The molecule has 0 bridgehead atoms. The highest BCUT2D eigenvalue weighted by atomic mass is 16.6. The van der Waals surface area contributed by atoms with Crippen LogP contribution in [0.15, 0.2) is 53.6 Å². The quantitative estimate of drug-likeness (QED) is 0.273. The van der Waals surface area contributed by atoms with Gasteiger partial charge in [-0.3, -0.25) is 15.5 Å². The maximum Gasteiger partial charge on any atom is 0.315 e. The highest BCUT2D eigenvalue weighted by Crippen LogP contribution is 2.38. The number of benzene rings is 3. The summed E-state index contributed by atoms with van der Waals surface area (Å²) in [6.07, 6.45) is 1.51. The van der Waals surface area contributed by atoms with Gasteiger partial charge in [-0.2, -0.15) is 5.10 Å². The van der Waals surface area contributed by atoms with Crippen LogP contribution in [0.1, 0.15) is 33.4 Å². The summed E-state index contributed by atoms with van der Waals surface area (Å²) in [5.74, 6) is 0.370. The molecule has 3 aromatic carbocycles. The minimum absolute atomic E-state index is 0.0951. The highest BCUT2D eigenvalue weighted by Gasteiger charge is 2.22. The van der Waals surface area contributed by atoms with Crippen LogP contribution >= 0.6 is 0 Å². The molecule has 0 aromatic heterocycles. The second-order valence-corrected chi connectivity index (χ2v) is 7.72. The van der Waals surface area contributed by atoms with Crippen molar-refractivity contribution in [3.63, 3.8) is 0 Å². The van der Waals surface area contributed by atoms with E-state index in [0.29, 0.717) is 5.56 Å². The summed E-state index contributed by atoms with van der Waals surface area (Å²) in [6.45, 7) is 8.23. The lowest BCUT2D eigenvalue weighted by atomic mass is 10.1. The lowest BCUT2D eigenvalue weighted by molar-refractivity contribution is -0.386. The van der Waals surface area contributed by atoms with E-state index in [9.17, 15) is 10.1 Å². The predicted octanol–water partition coefficient (Wildman–Crippen LogP) is 5.86. The van der Waals surface area contributed by atoms with Gasteiger partial charge in [-0.1, -0.05) is 29.8 Å². The number of nitrogens with one attached hydrogen (secondary N) is 1. The van der Waals surface area contributed by atoms with Crippen molar-refractivity contribution in [1.29, 1.82) is 0 Å². The van der Waals surface area contributed by atoms with E-state index in [4.69, 9.17) is 9.47 Å². The summed E-state index contributed by atoms with van der Waals surface area (Å²) in [6, 6.07) is 15.0. The maximum atomic E-state index is 11.7. The number of aryl methyl sites for hydroxylation is 4. The number of hydrogen-bond acceptors (Lipinski definition) is 6. The first-order valence-electron chi connectivity index (χ1n) is 10.2. The van der Waals surface area contributed by atoms with Crippen molar-refractivity contribution in [2.24, 2.45) is 5.10 Å². The molecule has 32 heavy (non-hydrogen) atoms. The van der Waals surface area contributed by atoms with Gasteiger partial charge in [0.1, 0.15) is 6.61 Å². The minimum atomic E-state index is -0.477. The van der Waals surface area contributed by atoms with Gasteiger partial charge in [-0.05, 0) is 68.1 Å². The van der Waals surface area contributed by atoms with E-state index in [1.54, 1.807) is 6.07 Å². The average Bonchev–Trinajstić information content (AvgIpc) is 2.76. The van der Waals surface area contributed by atoms with Crippen LogP contribution in [0.25, 0.3) is 0 Å². The van der Waals surface area contributed by atoms with Crippen LogP contribution in [0.2, 0.25) is 0 Å². The van der Waals surface area contributed by atoms with Gasteiger partial charge >= 0.3 is 5.69 Å². The van der Waals surface area contributed by atoms with Crippen LogP contribution in [0.4, 0.5) is 11.4 Å². The van der Waals surface area contributed by atoms with E-state index in [1.165, 1.54) is 25.0 Å². The van der Waals surface area contributed by atoms with Gasteiger partial charge in [-0.15, -0.1) is 0 Å². The molecule has 7 nitrogen and oxygen atoms in total. The largest absolute Gasteiger partial charge is 0.493 e. The van der Waals surface area contributed by atoms with Gasteiger partial charge in [-0.25, -0.2) is 0 Å². The van der Waals surface area contributed by atoms with E-state index in [1.807, 2.05) is 64.1 Å². The lowest BCUT2D eigenvalue weighted by Crippen LogP contribution is -2.04. The molecule has 0 aliphatic carbocycles. The Balaban J connectivity index is 1.85. The fraction of sp³-hybridized carbons (Fsp3) is 0.240. The van der Waals surface area contributed by atoms with Crippen molar-refractivity contribution in [3.8, 4) is 11.5 Å². The van der Waals surface area contributed by atoms with E-state index in [2.05, 4.69) is 10.5 Å². The Labute approximate surface area is 187 Å². The van der Waals surface area contributed by atoms with E-state index in [-0.39, 0.29) is 23.8 Å². The summed E-state index contributed by atoms with van der Waals surface area (Å²) in [7, 11) is 1.46. The smallest absolute Gasteiger partial charge is 0.315 e. The molecule has 7 heteroatoms. The second-order valence-electron chi connectivity index (χ2n) is 7.72. The van der Waals surface area contributed by atoms with Gasteiger partial charge in [0.25, 0.3) is 0 Å². The fourth-order valence-electron chi connectivity index (χ4n) is 3.21. The number of hydrogen-bond donors (Lipinski definition) is 1. The van der Waals surface area contributed by atoms with Crippen molar-refractivity contribution in [2.75, 3.05) is 12.5 Å². The molecule has 3 rings (SSSR count). The first-order chi connectivity index (χ1) is 15.3. The first-order valence-corrected chi connectivity index (χ1v) is 10.2. The SMILES string of the molecule is COc1cc(/C=N/Nc2ccc(C)c(C)c2)cc([N+](=O)[O-])c1OCc1cc(C)ccc1C. The van der Waals surface area contributed by atoms with Crippen molar-refractivity contribution >= 4 is 17.6 Å². The third-order valence-corrected chi connectivity index (χ3v) is 5.27. The molecule has 0 radical (unpaired) electrons. The average molecular weight is 434 g/mol. The molecule has 0 heterocycles. The highest BCUT2D eigenvalue weighted by molar-refractivity contribution is 5.83. The Hall–Kier alpha value is -3.87. The number of hydrazone groups is 1. The molecule has 0 spiro atoms. The van der Waals surface area contributed by atoms with Crippen molar-refractivity contribution in [3.05, 3.63) is 92.0 Å². The third kappa shape index (κ3) is 5.43. The standard InChI is InChI=1S/C25H27N3O4/c1-16-6-7-18(3)21(10-16)15-32-25-23(28(29)30)12-20(13-24(25)31-5)14-26-27-22-9-8-17(2)19(4)11-22/h6-14,27H,15H2,1-5H3/b26-14+. The van der Waals surface area contributed by atoms with Gasteiger partial charge in [0.05, 0.1) is 23.9 Å².